The van der Waals surface area contributed by atoms with Gasteiger partial charge in [0.15, 0.2) is 5.79 Å². The average molecular weight is 312 g/mol. The fourth-order valence-electron chi connectivity index (χ4n) is 2.47. The number of benzene rings is 1. The number of carbonyl (C=O) groups is 1. The van der Waals surface area contributed by atoms with Gasteiger partial charge in [-0.3, -0.25) is 4.79 Å². The maximum atomic E-state index is 12.4. The van der Waals surface area contributed by atoms with Gasteiger partial charge < -0.3 is 14.4 Å². The standard InChI is InChI=1S/C13H14BrNO3/c14-11-4-2-1-3-10(11)12(16)15-6-5-13(9-15)17-7-8-18-13/h1-4H,5-9H2. The lowest BCUT2D eigenvalue weighted by atomic mass is 10.2. The second-order valence-electron chi connectivity index (χ2n) is 4.56. The van der Waals surface area contributed by atoms with Gasteiger partial charge in [0.1, 0.15) is 0 Å². The van der Waals surface area contributed by atoms with Gasteiger partial charge in [0, 0.05) is 17.4 Å². The number of halogens is 1. The molecule has 0 unspecified atom stereocenters. The van der Waals surface area contributed by atoms with Crippen molar-refractivity contribution in [3.63, 3.8) is 0 Å². The molecule has 4 nitrogen and oxygen atoms in total. The Balaban J connectivity index is 1.77. The summed E-state index contributed by atoms with van der Waals surface area (Å²) in [6.45, 7) is 2.45. The van der Waals surface area contributed by atoms with E-state index in [1.807, 2.05) is 24.3 Å². The highest BCUT2D eigenvalue weighted by Gasteiger charge is 2.45. The second-order valence-corrected chi connectivity index (χ2v) is 5.42. The van der Waals surface area contributed by atoms with Gasteiger partial charge in [-0.1, -0.05) is 12.1 Å². The second kappa shape index (κ2) is 4.64. The molecule has 5 heteroatoms. The summed E-state index contributed by atoms with van der Waals surface area (Å²) in [7, 11) is 0. The molecule has 0 aliphatic carbocycles. The molecule has 2 saturated heterocycles. The first-order valence-corrected chi connectivity index (χ1v) is 6.81. The molecule has 1 amide bonds. The molecule has 1 aromatic rings. The lowest BCUT2D eigenvalue weighted by molar-refractivity contribution is -0.143. The molecular formula is C13H14BrNO3. The molecule has 3 rings (SSSR count). The van der Waals surface area contributed by atoms with Gasteiger partial charge in [-0.05, 0) is 28.1 Å². The molecule has 0 radical (unpaired) electrons. The van der Waals surface area contributed by atoms with Crippen LogP contribution in [0, 0.1) is 0 Å². The smallest absolute Gasteiger partial charge is 0.255 e. The van der Waals surface area contributed by atoms with Crippen molar-refractivity contribution < 1.29 is 14.3 Å². The fraction of sp³-hybridized carbons (Fsp3) is 0.462. The highest BCUT2D eigenvalue weighted by Crippen LogP contribution is 2.31. The topological polar surface area (TPSA) is 38.8 Å². The average Bonchev–Trinajstić information content (AvgIpc) is 3.00. The quantitative estimate of drug-likeness (QED) is 0.796. The predicted molar refractivity (Wildman–Crippen MR) is 69.3 cm³/mol. The summed E-state index contributed by atoms with van der Waals surface area (Å²) in [6, 6.07) is 7.47. The molecule has 1 aromatic carbocycles. The lowest BCUT2D eigenvalue weighted by Gasteiger charge is -2.22. The number of ether oxygens (including phenoxy) is 2. The third-order valence-electron chi connectivity index (χ3n) is 3.40. The van der Waals surface area contributed by atoms with E-state index in [1.54, 1.807) is 4.90 Å². The van der Waals surface area contributed by atoms with Crippen molar-refractivity contribution >= 4 is 21.8 Å². The molecule has 0 saturated carbocycles. The summed E-state index contributed by atoms with van der Waals surface area (Å²) >= 11 is 3.41. The van der Waals surface area contributed by atoms with Gasteiger partial charge >= 0.3 is 0 Å². The van der Waals surface area contributed by atoms with Crippen LogP contribution in [0.3, 0.4) is 0 Å². The van der Waals surface area contributed by atoms with Crippen LogP contribution in [-0.2, 0) is 9.47 Å². The van der Waals surface area contributed by atoms with Crippen molar-refractivity contribution in [3.8, 4) is 0 Å². The first-order valence-electron chi connectivity index (χ1n) is 6.02. The molecule has 0 bridgehead atoms. The Morgan fingerprint density at radius 3 is 2.72 bits per heavy atom. The Morgan fingerprint density at radius 2 is 2.00 bits per heavy atom. The number of likely N-dealkylation sites (tertiary alicyclic amines) is 1. The first-order chi connectivity index (χ1) is 8.70. The van der Waals surface area contributed by atoms with Crippen molar-refractivity contribution in [2.24, 2.45) is 0 Å². The number of carbonyl (C=O) groups excluding carboxylic acids is 1. The molecule has 2 heterocycles. The zero-order chi connectivity index (χ0) is 12.6. The van der Waals surface area contributed by atoms with E-state index in [2.05, 4.69) is 15.9 Å². The monoisotopic (exact) mass is 311 g/mol. The number of rotatable bonds is 1. The summed E-state index contributed by atoms with van der Waals surface area (Å²) < 4.78 is 12.1. The van der Waals surface area contributed by atoms with Gasteiger partial charge in [-0.2, -0.15) is 0 Å². The first kappa shape index (κ1) is 12.1. The van der Waals surface area contributed by atoms with Gasteiger partial charge in [0.25, 0.3) is 5.91 Å². The Kier molecular flexibility index (Phi) is 3.13. The third-order valence-corrected chi connectivity index (χ3v) is 4.09. The predicted octanol–water partition coefficient (Wildman–Crippen LogP) is 2.04. The van der Waals surface area contributed by atoms with E-state index in [-0.39, 0.29) is 5.91 Å². The Bertz CT molecular complexity index is 471. The molecule has 96 valence electrons. The molecule has 18 heavy (non-hydrogen) atoms. The van der Waals surface area contributed by atoms with Crippen LogP contribution >= 0.6 is 15.9 Å². The lowest BCUT2D eigenvalue weighted by Crippen LogP contribution is -2.37. The zero-order valence-electron chi connectivity index (χ0n) is 9.89. The van der Waals surface area contributed by atoms with E-state index in [0.29, 0.717) is 31.9 Å². The number of hydrogen-bond donors (Lipinski definition) is 0. The van der Waals surface area contributed by atoms with Crippen molar-refractivity contribution in [1.29, 1.82) is 0 Å². The van der Waals surface area contributed by atoms with Crippen LogP contribution in [-0.4, -0.2) is 42.9 Å². The van der Waals surface area contributed by atoms with Gasteiger partial charge in [-0.15, -0.1) is 0 Å². The molecule has 2 fully saturated rings. The third kappa shape index (κ3) is 2.06. The number of nitrogens with zero attached hydrogens (tertiary/aromatic N) is 1. The minimum Gasteiger partial charge on any atom is -0.346 e. The summed E-state index contributed by atoms with van der Waals surface area (Å²) in [5, 5.41) is 0. The maximum absolute atomic E-state index is 12.4. The van der Waals surface area contributed by atoms with E-state index in [0.717, 1.165) is 10.9 Å². The summed E-state index contributed by atoms with van der Waals surface area (Å²) in [6.07, 6.45) is 0.753. The van der Waals surface area contributed by atoms with Crippen LogP contribution < -0.4 is 0 Å². The van der Waals surface area contributed by atoms with E-state index in [1.165, 1.54) is 0 Å². The van der Waals surface area contributed by atoms with Crippen LogP contribution in [0.4, 0.5) is 0 Å². The summed E-state index contributed by atoms with van der Waals surface area (Å²) in [4.78, 5) is 14.2. The Labute approximate surface area is 114 Å². The highest BCUT2D eigenvalue weighted by molar-refractivity contribution is 9.10. The Hall–Kier alpha value is -0.910. The minimum absolute atomic E-state index is 0.0263. The molecule has 2 aliphatic heterocycles. The molecule has 0 aromatic heterocycles. The summed E-state index contributed by atoms with van der Waals surface area (Å²) in [5.74, 6) is -0.518. The van der Waals surface area contributed by atoms with Crippen LogP contribution in [0.25, 0.3) is 0 Å². The summed E-state index contributed by atoms with van der Waals surface area (Å²) in [5.41, 5.74) is 0.688. The molecular weight excluding hydrogens is 298 g/mol. The van der Waals surface area contributed by atoms with E-state index in [9.17, 15) is 4.79 Å². The highest BCUT2D eigenvalue weighted by atomic mass is 79.9. The minimum atomic E-state index is -0.545. The van der Waals surface area contributed by atoms with Crippen molar-refractivity contribution in [1.82, 2.24) is 4.90 Å². The van der Waals surface area contributed by atoms with Gasteiger partial charge in [-0.25, -0.2) is 0 Å². The van der Waals surface area contributed by atoms with Crippen LogP contribution in [0.1, 0.15) is 16.8 Å². The molecule has 0 N–H and O–H groups in total. The normalized spacial score (nSPS) is 21.7. The molecule has 1 spiro atoms. The van der Waals surface area contributed by atoms with E-state index >= 15 is 0 Å². The van der Waals surface area contributed by atoms with Crippen molar-refractivity contribution in [2.75, 3.05) is 26.3 Å². The molecule has 2 aliphatic rings. The van der Waals surface area contributed by atoms with E-state index in [4.69, 9.17) is 9.47 Å². The SMILES string of the molecule is O=C(c1ccccc1Br)N1CCC2(C1)OCCO2. The van der Waals surface area contributed by atoms with Gasteiger partial charge in [0.05, 0.1) is 25.3 Å². The van der Waals surface area contributed by atoms with Crippen LogP contribution in [0.15, 0.2) is 28.7 Å². The Morgan fingerprint density at radius 1 is 1.28 bits per heavy atom. The van der Waals surface area contributed by atoms with Crippen molar-refractivity contribution in [2.45, 2.75) is 12.2 Å². The maximum Gasteiger partial charge on any atom is 0.255 e. The van der Waals surface area contributed by atoms with Crippen LogP contribution in [0.2, 0.25) is 0 Å². The number of hydrogen-bond acceptors (Lipinski definition) is 3. The van der Waals surface area contributed by atoms with Gasteiger partial charge in [0.2, 0.25) is 0 Å². The molecule has 0 atom stereocenters. The number of amides is 1. The fourth-order valence-corrected chi connectivity index (χ4v) is 2.92. The van der Waals surface area contributed by atoms with E-state index < -0.39 is 5.79 Å². The largest absolute Gasteiger partial charge is 0.346 e. The van der Waals surface area contributed by atoms with Crippen LogP contribution in [0.5, 0.6) is 0 Å². The van der Waals surface area contributed by atoms with Crippen molar-refractivity contribution in [3.05, 3.63) is 34.3 Å². The zero-order valence-corrected chi connectivity index (χ0v) is 11.5.